The van der Waals surface area contributed by atoms with Gasteiger partial charge in [0, 0.05) is 12.8 Å². The maximum atomic E-state index is 13.5. The summed E-state index contributed by atoms with van der Waals surface area (Å²) >= 11 is 0. The molecular weight excluding hydrogens is 371 g/mol. The molecular formula is C21H32F3NO3. The first kappa shape index (κ1) is 26.0. The van der Waals surface area contributed by atoms with Gasteiger partial charge in [-0.2, -0.15) is 4.39 Å². The molecule has 160 valence electrons. The first-order valence-electron chi connectivity index (χ1n) is 9.58. The van der Waals surface area contributed by atoms with Crippen LogP contribution in [-0.4, -0.2) is 11.9 Å². The number of carbonyl (C=O) groups excluding carboxylic acids is 2. The van der Waals surface area contributed by atoms with Gasteiger partial charge >= 0.3 is 5.97 Å². The van der Waals surface area contributed by atoms with Crippen molar-refractivity contribution in [2.45, 2.75) is 73.1 Å². The molecule has 0 spiro atoms. The lowest BCUT2D eigenvalue weighted by molar-refractivity contribution is -0.135. The van der Waals surface area contributed by atoms with Gasteiger partial charge in [0.2, 0.25) is 17.5 Å². The molecule has 1 aromatic rings. The number of benzene rings is 1. The molecule has 0 unspecified atom stereocenters. The van der Waals surface area contributed by atoms with Crippen molar-refractivity contribution in [2.24, 2.45) is 17.6 Å². The first-order valence-corrected chi connectivity index (χ1v) is 9.58. The molecule has 0 heterocycles. The van der Waals surface area contributed by atoms with E-state index in [9.17, 15) is 22.8 Å². The summed E-state index contributed by atoms with van der Waals surface area (Å²) in [7, 11) is 0. The van der Waals surface area contributed by atoms with Gasteiger partial charge in [0.05, 0.1) is 0 Å². The van der Waals surface area contributed by atoms with Crippen LogP contribution >= 0.6 is 0 Å². The molecule has 1 amide bonds. The fourth-order valence-electron chi connectivity index (χ4n) is 2.30. The molecule has 0 aliphatic carbocycles. The number of rotatable bonds is 9. The van der Waals surface area contributed by atoms with Crippen molar-refractivity contribution >= 4 is 11.9 Å². The normalized spacial score (nSPS) is 10.6. The Bertz CT molecular complexity index is 612. The fraction of sp³-hybridized carbons (Fsp3) is 0.619. The number of amides is 1. The van der Waals surface area contributed by atoms with Crippen LogP contribution in [0, 0.1) is 36.2 Å². The van der Waals surface area contributed by atoms with Crippen molar-refractivity contribution in [1.82, 2.24) is 0 Å². The lowest BCUT2D eigenvalue weighted by atomic mass is 10.0. The Hall–Kier alpha value is -2.05. The molecule has 0 aliphatic rings. The predicted octanol–water partition coefficient (Wildman–Crippen LogP) is 5.44. The highest BCUT2D eigenvalue weighted by atomic mass is 19.2. The monoisotopic (exact) mass is 403 g/mol. The zero-order chi connectivity index (χ0) is 21.9. The summed E-state index contributed by atoms with van der Waals surface area (Å²) in [4.78, 5) is 21.7. The van der Waals surface area contributed by atoms with Gasteiger partial charge in [-0.15, -0.1) is 0 Å². The highest BCUT2D eigenvalue weighted by Gasteiger charge is 2.21. The summed E-state index contributed by atoms with van der Waals surface area (Å²) in [6.45, 7) is 10.4. The largest absolute Gasteiger partial charge is 0.420 e. The second-order valence-electron chi connectivity index (χ2n) is 7.64. The molecule has 28 heavy (non-hydrogen) atoms. The van der Waals surface area contributed by atoms with Crippen LogP contribution in [0.2, 0.25) is 0 Å². The highest BCUT2D eigenvalue weighted by Crippen LogP contribution is 2.27. The van der Waals surface area contributed by atoms with E-state index in [1.807, 2.05) is 0 Å². The lowest BCUT2D eigenvalue weighted by Gasteiger charge is -2.08. The topological polar surface area (TPSA) is 69.4 Å². The lowest BCUT2D eigenvalue weighted by Crippen LogP contribution is -2.14. The minimum atomic E-state index is -1.56. The third-order valence-corrected chi connectivity index (χ3v) is 3.88. The molecule has 0 bridgehead atoms. The number of halogens is 3. The van der Waals surface area contributed by atoms with Gasteiger partial charge in [-0.05, 0) is 36.8 Å². The second-order valence-corrected chi connectivity index (χ2v) is 7.64. The number of hydrogen-bond donors (Lipinski definition) is 1. The molecule has 7 heteroatoms. The molecule has 0 fully saturated rings. The van der Waals surface area contributed by atoms with Gasteiger partial charge in [0.25, 0.3) is 0 Å². The van der Waals surface area contributed by atoms with Gasteiger partial charge in [-0.3, -0.25) is 9.59 Å². The van der Waals surface area contributed by atoms with Crippen LogP contribution < -0.4 is 10.5 Å². The minimum absolute atomic E-state index is 0.0533. The Morgan fingerprint density at radius 1 is 0.964 bits per heavy atom. The predicted molar refractivity (Wildman–Crippen MR) is 103 cm³/mol. The summed E-state index contributed by atoms with van der Waals surface area (Å²) in [5.74, 6) is -4.86. The Morgan fingerprint density at radius 3 is 1.96 bits per heavy atom. The van der Waals surface area contributed by atoms with E-state index in [4.69, 9.17) is 5.73 Å². The molecule has 1 rings (SSSR count). The van der Waals surface area contributed by atoms with Gasteiger partial charge in [0.1, 0.15) is 0 Å². The van der Waals surface area contributed by atoms with E-state index in [1.54, 1.807) is 0 Å². The molecule has 0 saturated carbocycles. The zero-order valence-electron chi connectivity index (χ0n) is 17.4. The third-order valence-electron chi connectivity index (χ3n) is 3.88. The minimum Gasteiger partial charge on any atom is -0.420 e. The van der Waals surface area contributed by atoms with Crippen LogP contribution in [0.1, 0.15) is 71.8 Å². The van der Waals surface area contributed by atoms with Gasteiger partial charge in [0.15, 0.2) is 11.6 Å². The maximum Gasteiger partial charge on any atom is 0.311 e. The molecule has 0 atom stereocenters. The van der Waals surface area contributed by atoms with Crippen LogP contribution in [0.5, 0.6) is 5.75 Å². The fourth-order valence-corrected chi connectivity index (χ4v) is 2.30. The molecule has 0 aliphatic heterocycles. The average molecular weight is 403 g/mol. The summed E-state index contributed by atoms with van der Waals surface area (Å²) < 4.78 is 44.3. The summed E-state index contributed by atoms with van der Waals surface area (Å²) in [6.07, 6.45) is 4.00. The standard InChI is InChI=1S/C12H12F3NO3.C9H20/c1-6-5-7(13)11(15)12(10(6)14)19-9(18)4-2-3-8(16)17;1-8(2)6-5-7-9(3)4/h5H,2-4H2,1H3,(H2,16,17);8-9H,5-7H2,1-4H3. The zero-order valence-corrected chi connectivity index (χ0v) is 17.4. The van der Waals surface area contributed by atoms with E-state index in [0.29, 0.717) is 6.07 Å². The van der Waals surface area contributed by atoms with Crippen molar-refractivity contribution in [1.29, 1.82) is 0 Å². The molecule has 1 aromatic carbocycles. The molecule has 0 radical (unpaired) electrons. The maximum absolute atomic E-state index is 13.5. The number of ether oxygens (including phenoxy) is 1. The van der Waals surface area contributed by atoms with Crippen molar-refractivity contribution in [2.75, 3.05) is 0 Å². The molecule has 0 aromatic heterocycles. The van der Waals surface area contributed by atoms with Gasteiger partial charge in [-0.25, -0.2) is 8.78 Å². The Labute approximate surface area is 165 Å². The summed E-state index contributed by atoms with van der Waals surface area (Å²) in [5.41, 5.74) is 4.68. The van der Waals surface area contributed by atoms with Crippen LogP contribution in [0.25, 0.3) is 0 Å². The van der Waals surface area contributed by atoms with E-state index < -0.39 is 35.1 Å². The Balaban J connectivity index is 0.000000684. The SMILES string of the molecule is CC(C)CCCC(C)C.Cc1cc(F)c(F)c(OC(=O)CCCC(N)=O)c1F. The van der Waals surface area contributed by atoms with E-state index >= 15 is 0 Å². The van der Waals surface area contributed by atoms with Crippen LogP contribution in [0.4, 0.5) is 13.2 Å². The van der Waals surface area contributed by atoms with Crippen molar-refractivity contribution in [3.05, 3.63) is 29.1 Å². The number of primary amides is 1. The quantitative estimate of drug-likeness (QED) is 0.339. The van der Waals surface area contributed by atoms with E-state index in [1.165, 1.54) is 26.2 Å². The summed E-state index contributed by atoms with van der Waals surface area (Å²) in [5, 5.41) is 0. The Kier molecular flexibility index (Phi) is 12.2. The van der Waals surface area contributed by atoms with Crippen LogP contribution in [0.3, 0.4) is 0 Å². The van der Waals surface area contributed by atoms with Crippen molar-refractivity contribution in [3.63, 3.8) is 0 Å². The van der Waals surface area contributed by atoms with E-state index in [-0.39, 0.29) is 24.8 Å². The number of esters is 1. The second kappa shape index (κ2) is 13.2. The van der Waals surface area contributed by atoms with Crippen LogP contribution in [-0.2, 0) is 9.59 Å². The highest BCUT2D eigenvalue weighted by molar-refractivity contribution is 5.76. The number of aryl methyl sites for hydroxylation is 1. The Morgan fingerprint density at radius 2 is 1.50 bits per heavy atom. The van der Waals surface area contributed by atoms with E-state index in [2.05, 4.69) is 32.4 Å². The molecule has 4 nitrogen and oxygen atoms in total. The summed E-state index contributed by atoms with van der Waals surface area (Å²) in [6, 6.07) is 0.662. The number of hydrogen-bond acceptors (Lipinski definition) is 3. The van der Waals surface area contributed by atoms with Crippen molar-refractivity contribution in [3.8, 4) is 5.75 Å². The van der Waals surface area contributed by atoms with Crippen LogP contribution in [0.15, 0.2) is 6.07 Å². The van der Waals surface area contributed by atoms with Gasteiger partial charge in [-0.1, -0.05) is 47.0 Å². The van der Waals surface area contributed by atoms with E-state index in [0.717, 1.165) is 11.8 Å². The first-order chi connectivity index (χ1) is 13.0. The molecule has 0 saturated heterocycles. The number of nitrogens with two attached hydrogens (primary N) is 1. The average Bonchev–Trinajstić information content (AvgIpc) is 2.56. The third kappa shape index (κ3) is 10.9. The molecule has 2 N–H and O–H groups in total. The van der Waals surface area contributed by atoms with Crippen molar-refractivity contribution < 1.29 is 27.5 Å². The smallest absolute Gasteiger partial charge is 0.311 e. The van der Waals surface area contributed by atoms with Gasteiger partial charge < -0.3 is 10.5 Å². The number of carbonyl (C=O) groups is 2.